The lowest BCUT2D eigenvalue weighted by atomic mass is 10.2. The van der Waals surface area contributed by atoms with Gasteiger partial charge in [0.2, 0.25) is 0 Å². The fraction of sp³-hybridized carbons (Fsp3) is 0.467. The summed E-state index contributed by atoms with van der Waals surface area (Å²) in [4.78, 5) is 21.6. The molecule has 0 saturated carbocycles. The summed E-state index contributed by atoms with van der Waals surface area (Å²) in [5.41, 5.74) is 0.848. The second-order valence-electron chi connectivity index (χ2n) is 4.49. The first-order chi connectivity index (χ1) is 10.6. The standard InChI is InChI=1S/C11H13NO4.C4H8O2/c1-8(10(13)14)12-11(15)16-7-9-5-3-2-4-6-9;1-2-6-4-3-5-1/h2-6,8H,7H2,1H3,(H,12,15)(H,13,14);1-4H2/t8-;/m0./s1. The van der Waals surface area contributed by atoms with Gasteiger partial charge in [0.25, 0.3) is 0 Å². The number of aliphatic carboxylic acids is 1. The Labute approximate surface area is 129 Å². The molecule has 1 aromatic rings. The van der Waals surface area contributed by atoms with Crippen molar-refractivity contribution in [1.82, 2.24) is 5.32 Å². The van der Waals surface area contributed by atoms with Crippen molar-refractivity contribution in [2.24, 2.45) is 0 Å². The molecule has 7 heteroatoms. The van der Waals surface area contributed by atoms with Crippen LogP contribution >= 0.6 is 0 Å². The molecule has 1 aliphatic rings. The van der Waals surface area contributed by atoms with E-state index in [1.54, 1.807) is 0 Å². The Balaban J connectivity index is 0.000000335. The number of benzene rings is 1. The number of hydrogen-bond acceptors (Lipinski definition) is 5. The highest BCUT2D eigenvalue weighted by atomic mass is 16.6. The Morgan fingerprint density at radius 2 is 1.73 bits per heavy atom. The zero-order chi connectivity index (χ0) is 16.2. The molecule has 1 heterocycles. The summed E-state index contributed by atoms with van der Waals surface area (Å²) in [6.07, 6.45) is -0.737. The van der Waals surface area contributed by atoms with Gasteiger partial charge in [0.05, 0.1) is 26.4 Å². The van der Waals surface area contributed by atoms with E-state index in [4.69, 9.17) is 19.3 Å². The summed E-state index contributed by atoms with van der Waals surface area (Å²) in [6, 6.07) is 8.19. The third-order valence-electron chi connectivity index (χ3n) is 2.66. The zero-order valence-electron chi connectivity index (χ0n) is 12.5. The number of alkyl carbamates (subject to hydrolysis) is 1. The average Bonchev–Trinajstić information content (AvgIpc) is 2.56. The van der Waals surface area contributed by atoms with Gasteiger partial charge in [-0.2, -0.15) is 0 Å². The van der Waals surface area contributed by atoms with Gasteiger partial charge < -0.3 is 24.6 Å². The van der Waals surface area contributed by atoms with E-state index in [0.717, 1.165) is 32.0 Å². The molecule has 1 saturated heterocycles. The molecule has 1 aliphatic heterocycles. The van der Waals surface area contributed by atoms with E-state index in [1.807, 2.05) is 30.3 Å². The van der Waals surface area contributed by atoms with E-state index in [9.17, 15) is 9.59 Å². The summed E-state index contributed by atoms with van der Waals surface area (Å²) in [7, 11) is 0. The number of carboxylic acid groups (broad SMARTS) is 1. The molecular formula is C15H21NO6. The fourth-order valence-corrected chi connectivity index (χ4v) is 1.44. The molecule has 0 bridgehead atoms. The van der Waals surface area contributed by atoms with Gasteiger partial charge in [0.15, 0.2) is 0 Å². The zero-order valence-corrected chi connectivity index (χ0v) is 12.5. The molecule has 22 heavy (non-hydrogen) atoms. The largest absolute Gasteiger partial charge is 0.480 e. The predicted molar refractivity (Wildman–Crippen MR) is 78.5 cm³/mol. The number of ether oxygens (including phenoxy) is 3. The molecule has 1 amide bonds. The molecule has 0 spiro atoms. The average molecular weight is 311 g/mol. The maximum absolute atomic E-state index is 11.1. The van der Waals surface area contributed by atoms with E-state index in [0.29, 0.717) is 0 Å². The highest BCUT2D eigenvalue weighted by molar-refractivity contribution is 5.79. The molecule has 0 aliphatic carbocycles. The first-order valence-electron chi connectivity index (χ1n) is 6.95. The van der Waals surface area contributed by atoms with E-state index >= 15 is 0 Å². The second-order valence-corrected chi connectivity index (χ2v) is 4.49. The van der Waals surface area contributed by atoms with E-state index in [-0.39, 0.29) is 6.61 Å². The van der Waals surface area contributed by atoms with E-state index in [2.05, 4.69) is 5.32 Å². The molecule has 1 atom stereocenters. The minimum atomic E-state index is -1.10. The van der Waals surface area contributed by atoms with Crippen LogP contribution in [0.5, 0.6) is 0 Å². The molecule has 1 fully saturated rings. The van der Waals surface area contributed by atoms with Crippen LogP contribution in [0.3, 0.4) is 0 Å². The molecular weight excluding hydrogens is 290 g/mol. The van der Waals surface area contributed by atoms with Gasteiger partial charge in [-0.3, -0.25) is 4.79 Å². The Morgan fingerprint density at radius 1 is 1.18 bits per heavy atom. The van der Waals surface area contributed by atoms with Crippen molar-refractivity contribution >= 4 is 12.1 Å². The van der Waals surface area contributed by atoms with Crippen LogP contribution < -0.4 is 5.32 Å². The van der Waals surface area contributed by atoms with Crippen LogP contribution in [0, 0.1) is 0 Å². The number of nitrogens with one attached hydrogen (secondary N) is 1. The smallest absolute Gasteiger partial charge is 0.408 e. The number of carbonyl (C=O) groups excluding carboxylic acids is 1. The van der Waals surface area contributed by atoms with Crippen LogP contribution in [0.4, 0.5) is 4.79 Å². The number of amides is 1. The van der Waals surface area contributed by atoms with Crippen molar-refractivity contribution in [1.29, 1.82) is 0 Å². The summed E-state index contributed by atoms with van der Waals surface area (Å²) in [5.74, 6) is -1.10. The minimum Gasteiger partial charge on any atom is -0.480 e. The molecule has 0 unspecified atom stereocenters. The van der Waals surface area contributed by atoms with Crippen LogP contribution in [0.25, 0.3) is 0 Å². The van der Waals surface area contributed by atoms with Crippen LogP contribution in [0.2, 0.25) is 0 Å². The van der Waals surface area contributed by atoms with Gasteiger partial charge in [-0.1, -0.05) is 30.3 Å². The topological polar surface area (TPSA) is 94.1 Å². The van der Waals surface area contributed by atoms with Gasteiger partial charge >= 0.3 is 12.1 Å². The molecule has 2 N–H and O–H groups in total. The maximum Gasteiger partial charge on any atom is 0.408 e. The van der Waals surface area contributed by atoms with Crippen molar-refractivity contribution in [3.8, 4) is 0 Å². The number of rotatable bonds is 4. The van der Waals surface area contributed by atoms with Crippen molar-refractivity contribution < 1.29 is 28.9 Å². The highest BCUT2D eigenvalue weighted by Gasteiger charge is 2.14. The van der Waals surface area contributed by atoms with Gasteiger partial charge in [0.1, 0.15) is 12.6 Å². The number of carbonyl (C=O) groups is 2. The normalized spacial score (nSPS) is 15.0. The van der Waals surface area contributed by atoms with Crippen molar-refractivity contribution in [3.05, 3.63) is 35.9 Å². The summed E-state index contributed by atoms with van der Waals surface area (Å²) in [6.45, 7) is 4.60. The number of carboxylic acids is 1. The Kier molecular flexibility index (Phi) is 8.63. The third kappa shape index (κ3) is 8.23. The van der Waals surface area contributed by atoms with Gasteiger partial charge in [-0.25, -0.2) is 4.79 Å². The molecule has 1 aromatic carbocycles. The summed E-state index contributed by atoms with van der Waals surface area (Å²) in [5, 5.41) is 10.7. The summed E-state index contributed by atoms with van der Waals surface area (Å²) >= 11 is 0. The molecule has 0 radical (unpaired) electrons. The first-order valence-corrected chi connectivity index (χ1v) is 6.95. The highest BCUT2D eigenvalue weighted by Crippen LogP contribution is 2.00. The van der Waals surface area contributed by atoms with E-state index < -0.39 is 18.1 Å². The van der Waals surface area contributed by atoms with Crippen molar-refractivity contribution in [2.75, 3.05) is 26.4 Å². The van der Waals surface area contributed by atoms with E-state index in [1.165, 1.54) is 6.92 Å². The predicted octanol–water partition coefficient (Wildman–Crippen LogP) is 1.42. The van der Waals surface area contributed by atoms with Crippen LogP contribution in [0.15, 0.2) is 30.3 Å². The summed E-state index contributed by atoms with van der Waals surface area (Å²) < 4.78 is 14.7. The van der Waals surface area contributed by atoms with Crippen molar-refractivity contribution in [3.63, 3.8) is 0 Å². The lowest BCUT2D eigenvalue weighted by molar-refractivity contribution is -0.138. The maximum atomic E-state index is 11.1. The minimum absolute atomic E-state index is 0.124. The first kappa shape index (κ1) is 17.9. The molecule has 7 nitrogen and oxygen atoms in total. The van der Waals surface area contributed by atoms with Gasteiger partial charge in [-0.05, 0) is 12.5 Å². The molecule has 0 aromatic heterocycles. The Hall–Kier alpha value is -2.12. The number of hydrogen-bond donors (Lipinski definition) is 2. The molecule has 122 valence electrons. The van der Waals surface area contributed by atoms with Gasteiger partial charge in [-0.15, -0.1) is 0 Å². The fourth-order valence-electron chi connectivity index (χ4n) is 1.44. The van der Waals surface area contributed by atoms with Crippen LogP contribution in [-0.2, 0) is 25.6 Å². The monoisotopic (exact) mass is 311 g/mol. The quantitative estimate of drug-likeness (QED) is 0.873. The van der Waals surface area contributed by atoms with Crippen molar-refractivity contribution in [2.45, 2.75) is 19.6 Å². The van der Waals surface area contributed by atoms with Crippen LogP contribution in [-0.4, -0.2) is 49.6 Å². The SMILES string of the molecule is C1COCCO1.C[C@H](NC(=O)OCc1ccccc1)C(=O)O. The Morgan fingerprint density at radius 3 is 2.18 bits per heavy atom. The van der Waals surface area contributed by atoms with Crippen LogP contribution in [0.1, 0.15) is 12.5 Å². The second kappa shape index (κ2) is 10.6. The Bertz CT molecular complexity index is 435. The lowest BCUT2D eigenvalue weighted by Crippen LogP contribution is -2.38. The third-order valence-corrected chi connectivity index (χ3v) is 2.66. The molecule has 2 rings (SSSR count). The van der Waals surface area contributed by atoms with Gasteiger partial charge in [0, 0.05) is 0 Å². The lowest BCUT2D eigenvalue weighted by Gasteiger charge is -2.09.